The highest BCUT2D eigenvalue weighted by atomic mass is 16.3. The smallest absolute Gasteiger partial charge is 0.315 e. The van der Waals surface area contributed by atoms with Crippen molar-refractivity contribution in [2.75, 3.05) is 13.2 Å². The molecule has 1 aromatic carbocycles. The van der Waals surface area contributed by atoms with Crippen molar-refractivity contribution in [1.82, 2.24) is 10.6 Å². The molecule has 1 atom stereocenters. The highest BCUT2D eigenvalue weighted by Crippen LogP contribution is 2.39. The predicted molar refractivity (Wildman–Crippen MR) is 79.4 cm³/mol. The summed E-state index contributed by atoms with van der Waals surface area (Å²) in [5.41, 5.74) is 1.29. The summed E-state index contributed by atoms with van der Waals surface area (Å²) in [6.07, 6.45) is 4.16. The van der Waals surface area contributed by atoms with Gasteiger partial charge in [0.15, 0.2) is 0 Å². The number of nitrogens with one attached hydrogen (secondary N) is 2. The van der Waals surface area contributed by atoms with Crippen molar-refractivity contribution in [3.8, 4) is 0 Å². The molecule has 0 saturated heterocycles. The van der Waals surface area contributed by atoms with E-state index in [1.807, 2.05) is 30.3 Å². The number of hydrogen-bond donors (Lipinski definition) is 3. The van der Waals surface area contributed by atoms with E-state index < -0.39 is 0 Å². The zero-order valence-electron chi connectivity index (χ0n) is 12.1. The monoisotopic (exact) mass is 276 g/mol. The minimum Gasteiger partial charge on any atom is -0.396 e. The van der Waals surface area contributed by atoms with Crippen LogP contribution in [0, 0.1) is 5.41 Å². The lowest BCUT2D eigenvalue weighted by molar-refractivity contribution is 0.156. The SMILES string of the molecule is CC1(CNC(=O)N[C@H](CCO)c2ccccc2)CCC1. The molecule has 0 aliphatic heterocycles. The van der Waals surface area contributed by atoms with Crippen molar-refractivity contribution in [1.29, 1.82) is 0 Å². The average Bonchev–Trinajstić information content (AvgIpc) is 2.43. The summed E-state index contributed by atoms with van der Waals surface area (Å²) < 4.78 is 0. The molecule has 1 aliphatic rings. The quantitative estimate of drug-likeness (QED) is 0.748. The molecule has 2 amide bonds. The Kier molecular flexibility index (Phi) is 5.01. The van der Waals surface area contributed by atoms with Crippen LogP contribution in [0.4, 0.5) is 4.79 Å². The summed E-state index contributed by atoms with van der Waals surface area (Å²) in [7, 11) is 0. The van der Waals surface area contributed by atoms with E-state index in [0.717, 1.165) is 12.1 Å². The molecule has 0 radical (unpaired) electrons. The first-order valence-corrected chi connectivity index (χ1v) is 7.33. The van der Waals surface area contributed by atoms with Crippen LogP contribution >= 0.6 is 0 Å². The molecule has 1 saturated carbocycles. The van der Waals surface area contributed by atoms with Crippen molar-refractivity contribution in [2.45, 2.75) is 38.6 Å². The van der Waals surface area contributed by atoms with Gasteiger partial charge in [0.2, 0.25) is 0 Å². The van der Waals surface area contributed by atoms with E-state index in [2.05, 4.69) is 17.6 Å². The van der Waals surface area contributed by atoms with Gasteiger partial charge in [0.25, 0.3) is 0 Å². The van der Waals surface area contributed by atoms with E-state index in [0.29, 0.717) is 6.42 Å². The Bertz CT molecular complexity index is 429. The number of aliphatic hydroxyl groups is 1. The lowest BCUT2D eigenvalue weighted by atomic mass is 9.70. The summed E-state index contributed by atoms with van der Waals surface area (Å²) >= 11 is 0. The van der Waals surface area contributed by atoms with Gasteiger partial charge in [-0.05, 0) is 30.2 Å². The Morgan fingerprint density at radius 2 is 2.05 bits per heavy atom. The van der Waals surface area contributed by atoms with Gasteiger partial charge in [0, 0.05) is 13.2 Å². The summed E-state index contributed by atoms with van der Waals surface area (Å²) in [4.78, 5) is 12.0. The number of carbonyl (C=O) groups excluding carboxylic acids is 1. The largest absolute Gasteiger partial charge is 0.396 e. The molecule has 0 spiro atoms. The van der Waals surface area contributed by atoms with Crippen molar-refractivity contribution < 1.29 is 9.90 Å². The van der Waals surface area contributed by atoms with Gasteiger partial charge in [-0.15, -0.1) is 0 Å². The van der Waals surface area contributed by atoms with Gasteiger partial charge in [-0.1, -0.05) is 43.7 Å². The fraction of sp³-hybridized carbons (Fsp3) is 0.562. The minimum atomic E-state index is -0.152. The maximum atomic E-state index is 12.0. The molecule has 0 bridgehead atoms. The summed E-state index contributed by atoms with van der Waals surface area (Å²) in [5.74, 6) is 0. The normalized spacial score (nSPS) is 17.9. The van der Waals surface area contributed by atoms with E-state index in [1.165, 1.54) is 19.3 Å². The lowest BCUT2D eigenvalue weighted by Crippen LogP contribution is -2.45. The Morgan fingerprint density at radius 1 is 1.35 bits per heavy atom. The van der Waals surface area contributed by atoms with Gasteiger partial charge in [0.1, 0.15) is 0 Å². The fourth-order valence-electron chi connectivity index (χ4n) is 2.60. The Morgan fingerprint density at radius 3 is 2.60 bits per heavy atom. The van der Waals surface area contributed by atoms with Crippen LogP contribution in [-0.2, 0) is 0 Å². The van der Waals surface area contributed by atoms with Crippen molar-refractivity contribution in [3.63, 3.8) is 0 Å². The molecule has 4 heteroatoms. The maximum Gasteiger partial charge on any atom is 0.315 e. The third-order valence-corrected chi connectivity index (χ3v) is 4.16. The first-order chi connectivity index (χ1) is 9.63. The average molecular weight is 276 g/mol. The molecule has 0 heterocycles. The second kappa shape index (κ2) is 6.75. The molecule has 1 aliphatic carbocycles. The zero-order valence-corrected chi connectivity index (χ0v) is 12.1. The number of amides is 2. The summed E-state index contributed by atoms with van der Waals surface area (Å²) in [6.45, 7) is 2.98. The summed E-state index contributed by atoms with van der Waals surface area (Å²) in [6, 6.07) is 9.46. The van der Waals surface area contributed by atoms with E-state index in [1.54, 1.807) is 0 Å². The second-order valence-corrected chi connectivity index (χ2v) is 5.97. The van der Waals surface area contributed by atoms with Crippen LogP contribution in [0.5, 0.6) is 0 Å². The standard InChI is InChI=1S/C16H24N2O2/c1-16(9-5-10-16)12-17-15(20)18-14(8-11-19)13-6-3-2-4-7-13/h2-4,6-7,14,19H,5,8-12H2,1H3,(H2,17,18,20)/t14-/m1/s1. The Hall–Kier alpha value is -1.55. The first-order valence-electron chi connectivity index (χ1n) is 7.33. The van der Waals surface area contributed by atoms with E-state index in [-0.39, 0.29) is 24.1 Å². The van der Waals surface area contributed by atoms with Gasteiger partial charge < -0.3 is 15.7 Å². The summed E-state index contributed by atoms with van der Waals surface area (Å²) in [5, 5.41) is 15.0. The van der Waals surface area contributed by atoms with Crippen LogP contribution in [0.2, 0.25) is 0 Å². The second-order valence-electron chi connectivity index (χ2n) is 5.97. The Labute approximate surface area is 120 Å². The lowest BCUT2D eigenvalue weighted by Gasteiger charge is -2.38. The molecular formula is C16H24N2O2. The molecule has 4 nitrogen and oxygen atoms in total. The number of benzene rings is 1. The number of aliphatic hydroxyl groups excluding tert-OH is 1. The van der Waals surface area contributed by atoms with Crippen molar-refractivity contribution >= 4 is 6.03 Å². The predicted octanol–water partition coefficient (Wildman–Crippen LogP) is 2.60. The molecular weight excluding hydrogens is 252 g/mol. The molecule has 1 aromatic rings. The zero-order chi connectivity index (χ0) is 14.4. The van der Waals surface area contributed by atoms with Crippen LogP contribution in [0.25, 0.3) is 0 Å². The minimum absolute atomic E-state index is 0.0531. The third kappa shape index (κ3) is 3.97. The van der Waals surface area contributed by atoms with Crippen LogP contribution in [-0.4, -0.2) is 24.3 Å². The van der Waals surface area contributed by atoms with E-state index in [9.17, 15) is 4.79 Å². The van der Waals surface area contributed by atoms with Crippen molar-refractivity contribution in [3.05, 3.63) is 35.9 Å². The molecule has 0 aromatic heterocycles. The van der Waals surface area contributed by atoms with Gasteiger partial charge in [-0.25, -0.2) is 4.79 Å². The molecule has 2 rings (SSSR count). The first kappa shape index (κ1) is 14.9. The number of urea groups is 1. The van der Waals surface area contributed by atoms with E-state index >= 15 is 0 Å². The molecule has 20 heavy (non-hydrogen) atoms. The van der Waals surface area contributed by atoms with Gasteiger partial charge in [-0.2, -0.15) is 0 Å². The van der Waals surface area contributed by atoms with Gasteiger partial charge in [0.05, 0.1) is 6.04 Å². The van der Waals surface area contributed by atoms with Crippen LogP contribution < -0.4 is 10.6 Å². The highest BCUT2D eigenvalue weighted by molar-refractivity contribution is 5.74. The number of carbonyl (C=O) groups is 1. The molecule has 1 fully saturated rings. The molecule has 3 N–H and O–H groups in total. The van der Waals surface area contributed by atoms with Gasteiger partial charge in [-0.3, -0.25) is 0 Å². The number of rotatable bonds is 6. The third-order valence-electron chi connectivity index (χ3n) is 4.16. The van der Waals surface area contributed by atoms with Crippen LogP contribution in [0.3, 0.4) is 0 Å². The highest BCUT2D eigenvalue weighted by Gasteiger charge is 2.32. The Balaban J connectivity index is 1.86. The maximum absolute atomic E-state index is 12.0. The van der Waals surface area contributed by atoms with E-state index in [4.69, 9.17) is 5.11 Å². The molecule has 0 unspecified atom stereocenters. The topological polar surface area (TPSA) is 61.4 Å². The number of hydrogen-bond acceptors (Lipinski definition) is 2. The molecule has 110 valence electrons. The van der Waals surface area contributed by atoms with Crippen LogP contribution in [0.15, 0.2) is 30.3 Å². The fourth-order valence-corrected chi connectivity index (χ4v) is 2.60. The van der Waals surface area contributed by atoms with Gasteiger partial charge >= 0.3 is 6.03 Å². The van der Waals surface area contributed by atoms with Crippen LogP contribution in [0.1, 0.15) is 44.2 Å². The van der Waals surface area contributed by atoms with Crippen molar-refractivity contribution in [2.24, 2.45) is 5.41 Å².